The summed E-state index contributed by atoms with van der Waals surface area (Å²) in [5, 5.41) is 9.41. The molecule has 1 aromatic carbocycles. The van der Waals surface area contributed by atoms with Crippen LogP contribution < -0.4 is 4.72 Å². The van der Waals surface area contributed by atoms with Gasteiger partial charge in [-0.15, -0.1) is 0 Å². The Hall–Kier alpha value is -0.430. The van der Waals surface area contributed by atoms with Crippen molar-refractivity contribution >= 4 is 26.0 Å². The van der Waals surface area contributed by atoms with Gasteiger partial charge in [0.25, 0.3) is 0 Å². The van der Waals surface area contributed by atoms with Crippen molar-refractivity contribution in [1.29, 1.82) is 0 Å². The third kappa shape index (κ3) is 3.54. The standard InChI is InChI=1S/C12H18BrNO3S/c1-3-12(4-2,9-15)14-18(16,17)11-7-5-6-10(13)8-11/h5-8,14-15H,3-4,9H2,1-2H3. The molecular formula is C12H18BrNO3S. The lowest BCUT2D eigenvalue weighted by Crippen LogP contribution is -2.50. The summed E-state index contributed by atoms with van der Waals surface area (Å²) in [7, 11) is -3.62. The first-order valence-electron chi connectivity index (χ1n) is 5.79. The summed E-state index contributed by atoms with van der Waals surface area (Å²) in [6, 6.07) is 6.49. The topological polar surface area (TPSA) is 66.4 Å². The van der Waals surface area contributed by atoms with Gasteiger partial charge in [0, 0.05) is 4.47 Å². The van der Waals surface area contributed by atoms with Crippen LogP contribution in [0.1, 0.15) is 26.7 Å². The number of rotatable bonds is 6. The SMILES string of the molecule is CCC(CC)(CO)NS(=O)(=O)c1cccc(Br)c1. The van der Waals surface area contributed by atoms with Crippen molar-refractivity contribution in [3.8, 4) is 0 Å². The molecule has 0 aliphatic rings. The molecule has 0 radical (unpaired) electrons. The summed E-state index contributed by atoms with van der Waals surface area (Å²) in [5.74, 6) is 0. The molecule has 0 atom stereocenters. The van der Waals surface area contributed by atoms with E-state index in [0.29, 0.717) is 17.3 Å². The van der Waals surface area contributed by atoms with Gasteiger partial charge < -0.3 is 5.11 Å². The van der Waals surface area contributed by atoms with Gasteiger partial charge in [-0.1, -0.05) is 35.8 Å². The normalized spacial score (nSPS) is 12.7. The third-order valence-electron chi connectivity index (χ3n) is 3.11. The number of sulfonamides is 1. The zero-order valence-corrected chi connectivity index (χ0v) is 12.9. The van der Waals surface area contributed by atoms with E-state index in [1.807, 2.05) is 13.8 Å². The predicted molar refractivity (Wildman–Crippen MR) is 74.9 cm³/mol. The van der Waals surface area contributed by atoms with E-state index in [-0.39, 0.29) is 11.5 Å². The van der Waals surface area contributed by atoms with Crippen LogP contribution in [-0.4, -0.2) is 25.7 Å². The zero-order chi connectivity index (χ0) is 13.8. The summed E-state index contributed by atoms with van der Waals surface area (Å²) >= 11 is 3.24. The minimum absolute atomic E-state index is 0.191. The molecule has 2 N–H and O–H groups in total. The third-order valence-corrected chi connectivity index (χ3v) is 5.18. The molecule has 0 unspecified atom stereocenters. The molecule has 0 amide bonds. The molecule has 0 saturated heterocycles. The molecule has 0 bridgehead atoms. The average molecular weight is 336 g/mol. The minimum Gasteiger partial charge on any atom is -0.394 e. The molecule has 102 valence electrons. The molecule has 0 aliphatic carbocycles. The molecule has 0 aliphatic heterocycles. The molecule has 1 aromatic rings. The van der Waals surface area contributed by atoms with Crippen LogP contribution in [-0.2, 0) is 10.0 Å². The average Bonchev–Trinajstić information content (AvgIpc) is 2.36. The molecule has 4 nitrogen and oxygen atoms in total. The van der Waals surface area contributed by atoms with Gasteiger partial charge in [0.1, 0.15) is 0 Å². The quantitative estimate of drug-likeness (QED) is 0.838. The highest BCUT2D eigenvalue weighted by molar-refractivity contribution is 9.10. The van der Waals surface area contributed by atoms with Crippen LogP contribution in [0.15, 0.2) is 33.6 Å². The van der Waals surface area contributed by atoms with E-state index in [1.165, 1.54) is 12.1 Å². The van der Waals surface area contributed by atoms with Crippen molar-refractivity contribution in [3.05, 3.63) is 28.7 Å². The molecular weight excluding hydrogens is 318 g/mol. The molecule has 0 heterocycles. The van der Waals surface area contributed by atoms with Crippen molar-refractivity contribution in [2.75, 3.05) is 6.61 Å². The summed E-state index contributed by atoms with van der Waals surface area (Å²) in [6.45, 7) is 3.49. The van der Waals surface area contributed by atoms with E-state index < -0.39 is 15.6 Å². The summed E-state index contributed by atoms with van der Waals surface area (Å²) < 4.78 is 27.8. The van der Waals surface area contributed by atoms with E-state index in [4.69, 9.17) is 0 Å². The Morgan fingerprint density at radius 1 is 1.33 bits per heavy atom. The molecule has 18 heavy (non-hydrogen) atoms. The van der Waals surface area contributed by atoms with Crippen LogP contribution in [0.4, 0.5) is 0 Å². The largest absolute Gasteiger partial charge is 0.394 e. The van der Waals surface area contributed by atoms with E-state index >= 15 is 0 Å². The van der Waals surface area contributed by atoms with Crippen LogP contribution in [0.5, 0.6) is 0 Å². The number of hydrogen-bond acceptors (Lipinski definition) is 3. The Bertz CT molecular complexity index is 490. The smallest absolute Gasteiger partial charge is 0.241 e. The Labute approximate surface area is 117 Å². The van der Waals surface area contributed by atoms with Gasteiger partial charge in [-0.25, -0.2) is 13.1 Å². The highest BCUT2D eigenvalue weighted by Gasteiger charge is 2.31. The molecule has 0 spiro atoms. The summed E-state index contributed by atoms with van der Waals surface area (Å²) in [5.41, 5.74) is -0.791. The van der Waals surface area contributed by atoms with Crippen molar-refractivity contribution in [3.63, 3.8) is 0 Å². The second kappa shape index (κ2) is 6.14. The van der Waals surface area contributed by atoms with Gasteiger partial charge in [0.15, 0.2) is 0 Å². The Balaban J connectivity index is 3.08. The van der Waals surface area contributed by atoms with Crippen LogP contribution in [0.2, 0.25) is 0 Å². The second-order valence-corrected chi connectivity index (χ2v) is 6.81. The van der Waals surface area contributed by atoms with Gasteiger partial charge in [0.2, 0.25) is 10.0 Å². The maximum atomic E-state index is 12.2. The fourth-order valence-electron chi connectivity index (χ4n) is 1.63. The fourth-order valence-corrected chi connectivity index (χ4v) is 3.76. The van der Waals surface area contributed by atoms with Crippen LogP contribution in [0.3, 0.4) is 0 Å². The number of nitrogens with one attached hydrogen (secondary N) is 1. The second-order valence-electron chi connectivity index (χ2n) is 4.21. The van der Waals surface area contributed by atoms with Gasteiger partial charge in [-0.3, -0.25) is 0 Å². The maximum Gasteiger partial charge on any atom is 0.241 e. The number of benzene rings is 1. The lowest BCUT2D eigenvalue weighted by atomic mass is 9.96. The Morgan fingerprint density at radius 3 is 2.39 bits per heavy atom. The molecule has 6 heteroatoms. The first-order chi connectivity index (χ1) is 8.39. The first-order valence-corrected chi connectivity index (χ1v) is 8.07. The van der Waals surface area contributed by atoms with Crippen molar-refractivity contribution in [2.24, 2.45) is 0 Å². The highest BCUT2D eigenvalue weighted by atomic mass is 79.9. The van der Waals surface area contributed by atoms with Crippen molar-refractivity contribution in [2.45, 2.75) is 37.1 Å². The summed E-state index contributed by atoms with van der Waals surface area (Å²) in [4.78, 5) is 0.191. The van der Waals surface area contributed by atoms with Crippen LogP contribution in [0.25, 0.3) is 0 Å². The summed E-state index contributed by atoms with van der Waals surface area (Å²) in [6.07, 6.45) is 1.07. The van der Waals surface area contributed by atoms with E-state index in [9.17, 15) is 13.5 Å². The predicted octanol–water partition coefficient (Wildman–Crippen LogP) is 2.28. The van der Waals surface area contributed by atoms with Crippen LogP contribution in [0, 0.1) is 0 Å². The molecule has 0 saturated carbocycles. The van der Waals surface area contributed by atoms with Gasteiger partial charge in [0.05, 0.1) is 17.0 Å². The van der Waals surface area contributed by atoms with Crippen LogP contribution >= 0.6 is 15.9 Å². The highest BCUT2D eigenvalue weighted by Crippen LogP contribution is 2.21. The molecule has 0 aromatic heterocycles. The van der Waals surface area contributed by atoms with Gasteiger partial charge >= 0.3 is 0 Å². The minimum atomic E-state index is -3.62. The van der Waals surface area contributed by atoms with Gasteiger partial charge in [-0.2, -0.15) is 0 Å². The van der Waals surface area contributed by atoms with Gasteiger partial charge in [-0.05, 0) is 31.0 Å². The maximum absolute atomic E-state index is 12.2. The number of halogens is 1. The Kier molecular flexibility index (Phi) is 5.33. The lowest BCUT2D eigenvalue weighted by molar-refractivity contribution is 0.172. The number of hydrogen-bond donors (Lipinski definition) is 2. The van der Waals surface area contributed by atoms with Crippen molar-refractivity contribution in [1.82, 2.24) is 4.72 Å². The van der Waals surface area contributed by atoms with E-state index in [1.54, 1.807) is 12.1 Å². The van der Waals surface area contributed by atoms with Crippen molar-refractivity contribution < 1.29 is 13.5 Å². The molecule has 1 rings (SSSR count). The fraction of sp³-hybridized carbons (Fsp3) is 0.500. The van der Waals surface area contributed by atoms with E-state index in [2.05, 4.69) is 20.7 Å². The number of aliphatic hydroxyl groups excluding tert-OH is 1. The van der Waals surface area contributed by atoms with E-state index in [0.717, 1.165) is 0 Å². The lowest BCUT2D eigenvalue weighted by Gasteiger charge is -2.30. The first kappa shape index (κ1) is 15.6. The molecule has 0 fully saturated rings. The number of aliphatic hydroxyl groups is 1. The Morgan fingerprint density at radius 2 is 1.94 bits per heavy atom. The monoisotopic (exact) mass is 335 g/mol. The zero-order valence-electron chi connectivity index (χ0n) is 10.5.